The Morgan fingerprint density at radius 3 is 2.00 bits per heavy atom. The predicted octanol–water partition coefficient (Wildman–Crippen LogP) is 2.88. The topological polar surface area (TPSA) is 56.8 Å². The number of benzene rings is 2. The van der Waals surface area contributed by atoms with Crippen LogP contribution in [0.25, 0.3) is 0 Å². The van der Waals surface area contributed by atoms with Crippen molar-refractivity contribution in [3.05, 3.63) is 53.1 Å². The molecule has 0 aliphatic carbocycles. The molecule has 0 radical (unpaired) electrons. The third-order valence-corrected chi connectivity index (χ3v) is 3.70. The molecule has 2 rings (SSSR count). The summed E-state index contributed by atoms with van der Waals surface area (Å²) in [4.78, 5) is 12.2. The highest BCUT2D eigenvalue weighted by atomic mass is 16.5. The van der Waals surface area contributed by atoms with E-state index >= 15 is 0 Å². The van der Waals surface area contributed by atoms with Crippen molar-refractivity contribution >= 4 is 5.91 Å². The van der Waals surface area contributed by atoms with E-state index in [4.69, 9.17) is 14.2 Å². The van der Waals surface area contributed by atoms with E-state index in [0.717, 1.165) is 11.1 Å². The molecule has 0 atom stereocenters. The van der Waals surface area contributed by atoms with Crippen LogP contribution in [0.3, 0.4) is 0 Å². The van der Waals surface area contributed by atoms with Gasteiger partial charge in [-0.25, -0.2) is 0 Å². The highest BCUT2D eigenvalue weighted by Gasteiger charge is 2.14. The van der Waals surface area contributed by atoms with Crippen molar-refractivity contribution in [2.75, 3.05) is 21.3 Å². The summed E-state index contributed by atoms with van der Waals surface area (Å²) in [5, 5.41) is 2.92. The van der Waals surface area contributed by atoms with Crippen LogP contribution in [0.2, 0.25) is 0 Å². The van der Waals surface area contributed by atoms with Gasteiger partial charge in [0, 0.05) is 6.54 Å². The maximum Gasteiger partial charge on any atom is 0.224 e. The van der Waals surface area contributed by atoms with Crippen LogP contribution < -0.4 is 19.5 Å². The van der Waals surface area contributed by atoms with Gasteiger partial charge >= 0.3 is 0 Å². The van der Waals surface area contributed by atoms with Gasteiger partial charge in [0.25, 0.3) is 0 Å². The Bertz CT molecular complexity index is 670. The lowest BCUT2D eigenvalue weighted by molar-refractivity contribution is -0.120. The number of methoxy groups -OCH3 is 3. The van der Waals surface area contributed by atoms with E-state index in [2.05, 4.69) is 5.32 Å². The van der Waals surface area contributed by atoms with Crippen molar-refractivity contribution in [3.8, 4) is 17.2 Å². The molecule has 0 saturated carbocycles. The molecule has 5 heteroatoms. The number of rotatable bonds is 7. The van der Waals surface area contributed by atoms with Gasteiger partial charge in [0.2, 0.25) is 11.7 Å². The Balaban J connectivity index is 2.04. The Labute approximate surface area is 142 Å². The van der Waals surface area contributed by atoms with Crippen LogP contribution in [-0.4, -0.2) is 27.2 Å². The predicted molar refractivity (Wildman–Crippen MR) is 92.8 cm³/mol. The monoisotopic (exact) mass is 329 g/mol. The second-order valence-corrected chi connectivity index (χ2v) is 5.47. The molecule has 128 valence electrons. The first-order valence-electron chi connectivity index (χ1n) is 7.68. The number of carbonyl (C=O) groups excluding carboxylic acids is 1. The zero-order valence-corrected chi connectivity index (χ0v) is 14.5. The number of hydrogen-bond donors (Lipinski definition) is 1. The largest absolute Gasteiger partial charge is 0.493 e. The summed E-state index contributed by atoms with van der Waals surface area (Å²) in [6.45, 7) is 2.54. The lowest BCUT2D eigenvalue weighted by atomic mass is 10.1. The molecule has 2 aromatic carbocycles. The Kier molecular flexibility index (Phi) is 6.07. The van der Waals surface area contributed by atoms with Gasteiger partial charge in [0.1, 0.15) is 0 Å². The van der Waals surface area contributed by atoms with E-state index in [9.17, 15) is 4.79 Å². The molecule has 0 bridgehead atoms. The van der Waals surface area contributed by atoms with Crippen LogP contribution in [0, 0.1) is 6.92 Å². The SMILES string of the molecule is COc1cc(CC(=O)NCc2ccc(C)cc2)cc(OC)c1OC. The van der Waals surface area contributed by atoms with Gasteiger partial charge in [-0.05, 0) is 30.2 Å². The normalized spacial score (nSPS) is 10.2. The van der Waals surface area contributed by atoms with E-state index in [1.165, 1.54) is 5.56 Å². The van der Waals surface area contributed by atoms with Gasteiger partial charge < -0.3 is 19.5 Å². The van der Waals surface area contributed by atoms with Crippen LogP contribution >= 0.6 is 0 Å². The molecule has 24 heavy (non-hydrogen) atoms. The molecule has 0 saturated heterocycles. The highest BCUT2D eigenvalue weighted by Crippen LogP contribution is 2.38. The Hall–Kier alpha value is -2.69. The molecule has 5 nitrogen and oxygen atoms in total. The molecule has 1 N–H and O–H groups in total. The fourth-order valence-corrected chi connectivity index (χ4v) is 2.39. The molecule has 0 unspecified atom stereocenters. The number of hydrogen-bond acceptors (Lipinski definition) is 4. The molecule has 0 aliphatic heterocycles. The standard InChI is InChI=1S/C19H23NO4/c1-13-5-7-14(8-6-13)12-20-18(21)11-15-9-16(22-2)19(24-4)17(10-15)23-3/h5-10H,11-12H2,1-4H3,(H,20,21). The molecule has 0 fully saturated rings. The molecule has 1 amide bonds. The van der Waals surface area contributed by atoms with Crippen molar-refractivity contribution in [3.63, 3.8) is 0 Å². The fourth-order valence-electron chi connectivity index (χ4n) is 2.39. The van der Waals surface area contributed by atoms with Crippen LogP contribution in [0.4, 0.5) is 0 Å². The van der Waals surface area contributed by atoms with Crippen molar-refractivity contribution in [1.82, 2.24) is 5.32 Å². The van der Waals surface area contributed by atoms with Gasteiger partial charge in [-0.15, -0.1) is 0 Å². The van der Waals surface area contributed by atoms with Crippen LogP contribution in [0.5, 0.6) is 17.2 Å². The number of aryl methyl sites for hydroxylation is 1. The second kappa shape index (κ2) is 8.24. The number of carbonyl (C=O) groups is 1. The first-order chi connectivity index (χ1) is 11.6. The average molecular weight is 329 g/mol. The zero-order valence-electron chi connectivity index (χ0n) is 14.5. The van der Waals surface area contributed by atoms with Crippen molar-refractivity contribution in [1.29, 1.82) is 0 Å². The summed E-state index contributed by atoms with van der Waals surface area (Å²) in [6.07, 6.45) is 0.239. The van der Waals surface area contributed by atoms with Gasteiger partial charge in [0.05, 0.1) is 27.8 Å². The quantitative estimate of drug-likeness (QED) is 0.848. The van der Waals surface area contributed by atoms with E-state index in [-0.39, 0.29) is 12.3 Å². The summed E-state index contributed by atoms with van der Waals surface area (Å²) >= 11 is 0. The van der Waals surface area contributed by atoms with Crippen LogP contribution in [-0.2, 0) is 17.8 Å². The third-order valence-electron chi connectivity index (χ3n) is 3.70. The van der Waals surface area contributed by atoms with Crippen molar-refractivity contribution in [2.24, 2.45) is 0 Å². The van der Waals surface area contributed by atoms with Gasteiger partial charge in [0.15, 0.2) is 11.5 Å². The molecule has 0 spiro atoms. The first kappa shape index (κ1) is 17.7. The zero-order chi connectivity index (χ0) is 17.5. The minimum absolute atomic E-state index is 0.0650. The molecule has 0 heterocycles. The van der Waals surface area contributed by atoms with Crippen molar-refractivity contribution in [2.45, 2.75) is 19.9 Å². The number of amides is 1. The summed E-state index contributed by atoms with van der Waals surface area (Å²) in [7, 11) is 4.66. The number of nitrogens with one attached hydrogen (secondary N) is 1. The highest BCUT2D eigenvalue weighted by molar-refractivity contribution is 5.79. The average Bonchev–Trinajstić information content (AvgIpc) is 2.60. The Morgan fingerprint density at radius 2 is 1.50 bits per heavy atom. The summed E-state index contributed by atoms with van der Waals surface area (Å²) < 4.78 is 15.9. The maximum atomic E-state index is 12.2. The van der Waals surface area contributed by atoms with E-state index < -0.39 is 0 Å². The van der Waals surface area contributed by atoms with Gasteiger partial charge in [-0.2, -0.15) is 0 Å². The van der Waals surface area contributed by atoms with E-state index in [0.29, 0.717) is 23.8 Å². The minimum atomic E-state index is -0.0650. The second-order valence-electron chi connectivity index (χ2n) is 5.47. The van der Waals surface area contributed by atoms with Crippen LogP contribution in [0.15, 0.2) is 36.4 Å². The minimum Gasteiger partial charge on any atom is -0.493 e. The molecule has 0 aromatic heterocycles. The summed E-state index contributed by atoms with van der Waals surface area (Å²) in [5.41, 5.74) is 3.06. The smallest absolute Gasteiger partial charge is 0.224 e. The molecule has 0 aliphatic rings. The first-order valence-corrected chi connectivity index (χ1v) is 7.68. The molecular formula is C19H23NO4. The van der Waals surface area contributed by atoms with Gasteiger partial charge in [-0.1, -0.05) is 29.8 Å². The van der Waals surface area contributed by atoms with E-state index in [1.807, 2.05) is 31.2 Å². The summed E-state index contributed by atoms with van der Waals surface area (Å²) in [5.74, 6) is 1.53. The molecule has 2 aromatic rings. The van der Waals surface area contributed by atoms with Crippen LogP contribution in [0.1, 0.15) is 16.7 Å². The Morgan fingerprint density at radius 1 is 0.917 bits per heavy atom. The van der Waals surface area contributed by atoms with Gasteiger partial charge in [-0.3, -0.25) is 4.79 Å². The maximum absolute atomic E-state index is 12.2. The van der Waals surface area contributed by atoms with Crippen molar-refractivity contribution < 1.29 is 19.0 Å². The fraction of sp³-hybridized carbons (Fsp3) is 0.316. The lowest BCUT2D eigenvalue weighted by Crippen LogP contribution is -2.24. The third kappa shape index (κ3) is 4.41. The number of ether oxygens (including phenoxy) is 3. The lowest BCUT2D eigenvalue weighted by Gasteiger charge is -2.14. The van der Waals surface area contributed by atoms with E-state index in [1.54, 1.807) is 33.5 Å². The summed E-state index contributed by atoms with van der Waals surface area (Å²) in [6, 6.07) is 11.6. The molecular weight excluding hydrogens is 306 g/mol.